The van der Waals surface area contributed by atoms with Gasteiger partial charge >= 0.3 is 0 Å². The summed E-state index contributed by atoms with van der Waals surface area (Å²) >= 11 is 0. The van der Waals surface area contributed by atoms with Crippen LogP contribution in [0.3, 0.4) is 0 Å². The fourth-order valence-electron chi connectivity index (χ4n) is 1.25. The molecule has 0 radical (unpaired) electrons. The Kier molecular flexibility index (Phi) is 3.12. The van der Waals surface area contributed by atoms with Crippen molar-refractivity contribution in [1.82, 2.24) is 0 Å². The predicted molar refractivity (Wildman–Crippen MR) is 54.6 cm³/mol. The Bertz CT molecular complexity index is 344. The molecule has 2 unspecified atom stereocenters. The van der Waals surface area contributed by atoms with Crippen LogP contribution in [0.25, 0.3) is 10.4 Å². The van der Waals surface area contributed by atoms with Gasteiger partial charge in [0.05, 0.1) is 11.6 Å². The first-order chi connectivity index (χ1) is 6.61. The van der Waals surface area contributed by atoms with E-state index in [0.29, 0.717) is 0 Å². The lowest BCUT2D eigenvalue weighted by Gasteiger charge is -2.27. The zero-order chi connectivity index (χ0) is 10.6. The smallest absolute Gasteiger partial charge is 0.0965 e. The Morgan fingerprint density at radius 3 is 2.43 bits per heavy atom. The van der Waals surface area contributed by atoms with E-state index in [1.54, 1.807) is 13.8 Å². The molecule has 0 saturated carbocycles. The van der Waals surface area contributed by atoms with Gasteiger partial charge in [0.15, 0.2) is 0 Å². The summed E-state index contributed by atoms with van der Waals surface area (Å²) in [6.45, 7) is 3.33. The molecule has 1 rings (SSSR count). The molecule has 0 spiro atoms. The van der Waals surface area contributed by atoms with E-state index < -0.39 is 11.6 Å². The van der Waals surface area contributed by atoms with E-state index in [1.807, 2.05) is 30.3 Å². The largest absolute Gasteiger partial charge is 0.392 e. The highest BCUT2D eigenvalue weighted by molar-refractivity contribution is 5.25. The van der Waals surface area contributed by atoms with Crippen molar-refractivity contribution < 1.29 is 5.11 Å². The molecule has 0 aromatic heterocycles. The van der Waals surface area contributed by atoms with Gasteiger partial charge in [0, 0.05) is 4.91 Å². The summed E-state index contributed by atoms with van der Waals surface area (Å²) in [4.78, 5) is 2.77. The molecule has 1 aromatic carbocycles. The van der Waals surface area contributed by atoms with Gasteiger partial charge in [-0.15, -0.1) is 0 Å². The quantitative estimate of drug-likeness (QED) is 0.445. The molecular weight excluding hydrogens is 178 g/mol. The van der Waals surface area contributed by atoms with E-state index in [-0.39, 0.29) is 0 Å². The van der Waals surface area contributed by atoms with E-state index >= 15 is 0 Å². The molecule has 0 heterocycles. The summed E-state index contributed by atoms with van der Waals surface area (Å²) in [7, 11) is 0. The van der Waals surface area contributed by atoms with Crippen LogP contribution in [0.2, 0.25) is 0 Å². The van der Waals surface area contributed by atoms with Crippen molar-refractivity contribution in [2.24, 2.45) is 5.11 Å². The van der Waals surface area contributed by atoms with Crippen LogP contribution in [0.15, 0.2) is 35.4 Å². The average Bonchev–Trinajstić information content (AvgIpc) is 2.19. The summed E-state index contributed by atoms with van der Waals surface area (Å²) in [6.07, 6.45) is -0.721. The third-order valence-electron chi connectivity index (χ3n) is 2.42. The highest BCUT2D eigenvalue weighted by Gasteiger charge is 2.30. The van der Waals surface area contributed by atoms with Gasteiger partial charge in [-0.05, 0) is 24.9 Å². The third kappa shape index (κ3) is 1.87. The molecule has 4 heteroatoms. The number of azide groups is 1. The molecule has 1 aromatic rings. The van der Waals surface area contributed by atoms with Gasteiger partial charge in [-0.3, -0.25) is 0 Å². The second-order valence-corrected chi connectivity index (χ2v) is 3.38. The summed E-state index contributed by atoms with van der Waals surface area (Å²) in [6, 6.07) is 9.25. The Morgan fingerprint density at radius 2 is 2.00 bits per heavy atom. The lowest BCUT2D eigenvalue weighted by atomic mass is 9.88. The highest BCUT2D eigenvalue weighted by atomic mass is 16.3. The first-order valence-corrected chi connectivity index (χ1v) is 4.41. The highest BCUT2D eigenvalue weighted by Crippen LogP contribution is 2.29. The molecule has 0 amide bonds. The Hall–Kier alpha value is -1.51. The summed E-state index contributed by atoms with van der Waals surface area (Å²) in [5, 5.41) is 13.2. The predicted octanol–water partition coefficient (Wildman–Crippen LogP) is 2.59. The maximum absolute atomic E-state index is 9.59. The van der Waals surface area contributed by atoms with Crippen molar-refractivity contribution in [3.63, 3.8) is 0 Å². The van der Waals surface area contributed by atoms with Crippen LogP contribution >= 0.6 is 0 Å². The number of rotatable bonds is 3. The van der Waals surface area contributed by atoms with Crippen molar-refractivity contribution in [1.29, 1.82) is 0 Å². The monoisotopic (exact) mass is 191 g/mol. The minimum absolute atomic E-state index is 0.721. The number of benzene rings is 1. The minimum Gasteiger partial charge on any atom is -0.392 e. The Labute approximate surface area is 82.8 Å². The molecule has 0 bridgehead atoms. The van der Waals surface area contributed by atoms with Crippen LogP contribution in [0.5, 0.6) is 0 Å². The fourth-order valence-corrected chi connectivity index (χ4v) is 1.25. The summed E-state index contributed by atoms with van der Waals surface area (Å²) in [5.41, 5.74) is 8.38. The van der Waals surface area contributed by atoms with Gasteiger partial charge < -0.3 is 5.11 Å². The molecule has 0 aliphatic rings. The summed E-state index contributed by atoms with van der Waals surface area (Å²) in [5.74, 6) is 0. The molecule has 0 aliphatic carbocycles. The number of aliphatic hydroxyl groups excluding tert-OH is 1. The number of hydrogen-bond acceptors (Lipinski definition) is 2. The number of aliphatic hydroxyl groups is 1. The molecule has 2 atom stereocenters. The van der Waals surface area contributed by atoms with Gasteiger partial charge in [-0.1, -0.05) is 35.4 Å². The van der Waals surface area contributed by atoms with Crippen LogP contribution in [-0.2, 0) is 5.54 Å². The van der Waals surface area contributed by atoms with Crippen molar-refractivity contribution in [3.05, 3.63) is 46.3 Å². The Morgan fingerprint density at radius 1 is 1.43 bits per heavy atom. The number of hydrogen-bond donors (Lipinski definition) is 1. The van der Waals surface area contributed by atoms with E-state index in [4.69, 9.17) is 5.53 Å². The molecule has 0 aliphatic heterocycles. The lowest BCUT2D eigenvalue weighted by molar-refractivity contribution is 0.111. The van der Waals surface area contributed by atoms with E-state index in [1.165, 1.54) is 0 Å². The standard InChI is InChI=1S/C10H13N3O/c1-8(14)10(2,12-13-11)9-6-4-3-5-7-9/h3-8,14H,1-2H3. The molecule has 74 valence electrons. The first kappa shape index (κ1) is 10.6. The van der Waals surface area contributed by atoms with Crippen LogP contribution in [0.4, 0.5) is 0 Å². The summed E-state index contributed by atoms with van der Waals surface area (Å²) < 4.78 is 0. The van der Waals surface area contributed by atoms with Crippen molar-refractivity contribution in [3.8, 4) is 0 Å². The van der Waals surface area contributed by atoms with Crippen molar-refractivity contribution >= 4 is 0 Å². The third-order valence-corrected chi connectivity index (χ3v) is 2.42. The lowest BCUT2D eigenvalue weighted by Crippen LogP contribution is -2.31. The maximum atomic E-state index is 9.59. The van der Waals surface area contributed by atoms with Crippen molar-refractivity contribution in [2.45, 2.75) is 25.5 Å². The number of nitrogens with zero attached hydrogens (tertiary/aromatic N) is 3. The Balaban J connectivity index is 3.19. The van der Waals surface area contributed by atoms with Crippen LogP contribution < -0.4 is 0 Å². The second kappa shape index (κ2) is 4.13. The SMILES string of the molecule is CC(O)C(C)(N=[N+]=[N-])c1ccccc1. The van der Waals surface area contributed by atoms with E-state index in [9.17, 15) is 5.11 Å². The normalized spacial score (nSPS) is 16.5. The zero-order valence-electron chi connectivity index (χ0n) is 8.25. The second-order valence-electron chi connectivity index (χ2n) is 3.38. The van der Waals surface area contributed by atoms with Gasteiger partial charge in [0.2, 0.25) is 0 Å². The topological polar surface area (TPSA) is 69.0 Å². The average molecular weight is 191 g/mol. The molecular formula is C10H13N3O. The van der Waals surface area contributed by atoms with Crippen LogP contribution in [-0.4, -0.2) is 11.2 Å². The minimum atomic E-state index is -0.893. The van der Waals surface area contributed by atoms with Crippen LogP contribution in [0.1, 0.15) is 19.4 Å². The van der Waals surface area contributed by atoms with Gasteiger partial charge in [0.1, 0.15) is 0 Å². The molecule has 1 N–H and O–H groups in total. The van der Waals surface area contributed by atoms with Crippen molar-refractivity contribution in [2.75, 3.05) is 0 Å². The first-order valence-electron chi connectivity index (χ1n) is 4.41. The van der Waals surface area contributed by atoms with E-state index in [2.05, 4.69) is 10.0 Å². The van der Waals surface area contributed by atoms with Crippen LogP contribution in [0, 0.1) is 0 Å². The molecule has 0 fully saturated rings. The fraction of sp³-hybridized carbons (Fsp3) is 0.400. The zero-order valence-corrected chi connectivity index (χ0v) is 8.25. The molecule has 0 saturated heterocycles. The van der Waals surface area contributed by atoms with Gasteiger partial charge in [0.25, 0.3) is 0 Å². The molecule has 14 heavy (non-hydrogen) atoms. The van der Waals surface area contributed by atoms with Gasteiger partial charge in [-0.25, -0.2) is 0 Å². The van der Waals surface area contributed by atoms with Gasteiger partial charge in [-0.2, -0.15) is 0 Å². The molecule has 4 nitrogen and oxygen atoms in total. The maximum Gasteiger partial charge on any atom is 0.0965 e. The van der Waals surface area contributed by atoms with E-state index in [0.717, 1.165) is 5.56 Å².